The van der Waals surface area contributed by atoms with Gasteiger partial charge in [-0.15, -0.1) is 0 Å². The van der Waals surface area contributed by atoms with Gasteiger partial charge in [0.2, 0.25) is 5.91 Å². The first-order chi connectivity index (χ1) is 18.6. The third kappa shape index (κ3) is 7.25. The molecule has 0 N–H and O–H groups in total. The van der Waals surface area contributed by atoms with E-state index in [0.717, 1.165) is 22.3 Å². The second-order valence-corrected chi connectivity index (χ2v) is 10.8. The van der Waals surface area contributed by atoms with Crippen LogP contribution in [0.3, 0.4) is 0 Å². The van der Waals surface area contributed by atoms with Crippen LogP contribution in [0.1, 0.15) is 43.0 Å². The lowest BCUT2D eigenvalue weighted by Gasteiger charge is -2.35. The van der Waals surface area contributed by atoms with E-state index >= 15 is 0 Å². The molecule has 4 rings (SSSR count). The summed E-state index contributed by atoms with van der Waals surface area (Å²) >= 11 is 0. The van der Waals surface area contributed by atoms with Crippen molar-refractivity contribution in [1.82, 2.24) is 9.80 Å². The summed E-state index contributed by atoms with van der Waals surface area (Å²) in [6, 6.07) is 25.0. The predicted octanol–water partition coefficient (Wildman–Crippen LogP) is 5.16. The van der Waals surface area contributed by atoms with Crippen LogP contribution in [0.4, 0.5) is 4.79 Å². The van der Waals surface area contributed by atoms with Crippen molar-refractivity contribution < 1.29 is 23.9 Å². The van der Waals surface area contributed by atoms with Gasteiger partial charge in [0.25, 0.3) is 0 Å². The van der Waals surface area contributed by atoms with Crippen molar-refractivity contribution in [3.05, 3.63) is 107 Å². The van der Waals surface area contributed by atoms with Crippen LogP contribution in [0, 0.1) is 0 Å². The molecule has 1 heterocycles. The second kappa shape index (κ2) is 12.2. The third-order valence-electron chi connectivity index (χ3n) is 6.73. The molecule has 1 aliphatic rings. The number of rotatable bonds is 7. The minimum Gasteiger partial charge on any atom is -0.459 e. The van der Waals surface area contributed by atoms with Crippen molar-refractivity contribution in [2.24, 2.45) is 0 Å². The molecule has 1 unspecified atom stereocenters. The molecular weight excluding hydrogens is 492 g/mol. The Kier molecular flexibility index (Phi) is 8.69. The molecule has 39 heavy (non-hydrogen) atoms. The van der Waals surface area contributed by atoms with Gasteiger partial charge in [0.05, 0.1) is 0 Å². The Morgan fingerprint density at radius 1 is 0.897 bits per heavy atom. The van der Waals surface area contributed by atoms with Crippen molar-refractivity contribution >= 4 is 18.0 Å². The molecule has 0 fully saturated rings. The number of likely N-dealkylation sites (N-methyl/N-ethyl adjacent to an activating group) is 1. The maximum atomic E-state index is 14.2. The van der Waals surface area contributed by atoms with Gasteiger partial charge in [-0.1, -0.05) is 84.9 Å². The van der Waals surface area contributed by atoms with Gasteiger partial charge in [0.15, 0.2) is 0 Å². The maximum absolute atomic E-state index is 14.2. The predicted molar refractivity (Wildman–Crippen MR) is 149 cm³/mol. The fourth-order valence-electron chi connectivity index (χ4n) is 4.67. The SMILES string of the molecule is CN(C(=O)OC(C)(C)C)[C@@H]1Cc2ccccc2CN(C(Cc2ccccc2)C(=O)OCc2ccccc2)C1=O. The lowest BCUT2D eigenvalue weighted by molar-refractivity contribution is -0.158. The molecule has 0 bridgehead atoms. The Hall–Kier alpha value is -4.13. The van der Waals surface area contributed by atoms with Crippen LogP contribution in [0.5, 0.6) is 0 Å². The largest absolute Gasteiger partial charge is 0.459 e. The molecule has 7 heteroatoms. The molecule has 1 aliphatic heterocycles. The van der Waals surface area contributed by atoms with Crippen LogP contribution in [0.25, 0.3) is 0 Å². The highest BCUT2D eigenvalue weighted by molar-refractivity contribution is 5.90. The number of carbonyl (C=O) groups excluding carboxylic acids is 3. The van der Waals surface area contributed by atoms with E-state index < -0.39 is 29.7 Å². The number of nitrogens with zero attached hydrogens (tertiary/aromatic N) is 2. The van der Waals surface area contributed by atoms with E-state index in [1.165, 1.54) is 4.90 Å². The van der Waals surface area contributed by atoms with Crippen molar-refractivity contribution in [3.8, 4) is 0 Å². The Labute approximate surface area is 230 Å². The topological polar surface area (TPSA) is 76.2 Å². The smallest absolute Gasteiger partial charge is 0.410 e. The third-order valence-corrected chi connectivity index (χ3v) is 6.73. The Morgan fingerprint density at radius 3 is 2.08 bits per heavy atom. The highest BCUT2D eigenvalue weighted by atomic mass is 16.6. The number of hydrogen-bond acceptors (Lipinski definition) is 5. The molecule has 0 saturated heterocycles. The van der Waals surface area contributed by atoms with Crippen LogP contribution in [-0.4, -0.2) is 52.5 Å². The quantitative estimate of drug-likeness (QED) is 0.396. The first kappa shape index (κ1) is 27.9. The summed E-state index contributed by atoms with van der Waals surface area (Å²) in [5.74, 6) is -0.814. The van der Waals surface area contributed by atoms with E-state index in [9.17, 15) is 14.4 Å². The number of esters is 1. The average Bonchev–Trinajstić information content (AvgIpc) is 3.06. The molecule has 3 aromatic rings. The van der Waals surface area contributed by atoms with Gasteiger partial charge < -0.3 is 14.4 Å². The van der Waals surface area contributed by atoms with Crippen molar-refractivity contribution in [3.63, 3.8) is 0 Å². The molecule has 2 atom stereocenters. The molecule has 0 aromatic heterocycles. The molecule has 0 aliphatic carbocycles. The normalized spacial score (nSPS) is 16.1. The molecule has 2 amide bonds. The highest BCUT2D eigenvalue weighted by Gasteiger charge is 2.41. The van der Waals surface area contributed by atoms with Gasteiger partial charge in [0, 0.05) is 26.4 Å². The summed E-state index contributed by atoms with van der Waals surface area (Å²) in [6.45, 7) is 5.69. The monoisotopic (exact) mass is 528 g/mol. The van der Waals surface area contributed by atoms with Gasteiger partial charge in [-0.25, -0.2) is 9.59 Å². The van der Waals surface area contributed by atoms with Gasteiger partial charge in [-0.05, 0) is 43.0 Å². The minimum atomic E-state index is -0.885. The Balaban J connectivity index is 1.69. The first-order valence-corrected chi connectivity index (χ1v) is 13.2. The number of ether oxygens (including phenoxy) is 2. The first-order valence-electron chi connectivity index (χ1n) is 13.2. The van der Waals surface area contributed by atoms with E-state index in [-0.39, 0.29) is 25.5 Å². The minimum absolute atomic E-state index is 0.102. The van der Waals surface area contributed by atoms with Gasteiger partial charge in [-0.2, -0.15) is 0 Å². The van der Waals surface area contributed by atoms with Gasteiger partial charge >= 0.3 is 12.1 Å². The van der Waals surface area contributed by atoms with Gasteiger partial charge in [-0.3, -0.25) is 9.69 Å². The van der Waals surface area contributed by atoms with Crippen LogP contribution in [0.15, 0.2) is 84.9 Å². The maximum Gasteiger partial charge on any atom is 0.410 e. The van der Waals surface area contributed by atoms with E-state index in [1.807, 2.05) is 84.9 Å². The summed E-state index contributed by atoms with van der Waals surface area (Å²) < 4.78 is 11.3. The van der Waals surface area contributed by atoms with E-state index in [4.69, 9.17) is 9.47 Å². The summed E-state index contributed by atoms with van der Waals surface area (Å²) in [4.78, 5) is 43.8. The van der Waals surface area contributed by atoms with Crippen molar-refractivity contribution in [1.29, 1.82) is 0 Å². The zero-order valence-corrected chi connectivity index (χ0v) is 23.0. The Bertz CT molecular complexity index is 1290. The average molecular weight is 529 g/mol. The fraction of sp³-hybridized carbons (Fsp3) is 0.344. The van der Waals surface area contributed by atoms with E-state index in [2.05, 4.69) is 0 Å². The molecule has 3 aromatic carbocycles. The number of benzene rings is 3. The zero-order chi connectivity index (χ0) is 28.0. The lowest BCUT2D eigenvalue weighted by Crippen LogP contribution is -2.55. The standard InChI is InChI=1S/C32H36N2O5/c1-32(2,3)39-31(37)33(4)27-20-25-17-11-12-18-26(25)21-34(29(27)35)28(19-23-13-7-5-8-14-23)30(36)38-22-24-15-9-6-10-16-24/h5-18,27-28H,19-22H2,1-4H3/t27-,28?/m1/s1. The summed E-state index contributed by atoms with van der Waals surface area (Å²) in [5.41, 5.74) is 2.93. The number of amides is 2. The van der Waals surface area contributed by atoms with Gasteiger partial charge in [0.1, 0.15) is 24.3 Å². The number of hydrogen-bond donors (Lipinski definition) is 0. The molecule has 0 spiro atoms. The second-order valence-electron chi connectivity index (χ2n) is 10.8. The van der Waals surface area contributed by atoms with Crippen molar-refractivity contribution in [2.45, 2.75) is 64.4 Å². The molecular formula is C32H36N2O5. The summed E-state index contributed by atoms with van der Waals surface area (Å²) in [7, 11) is 1.57. The summed E-state index contributed by atoms with van der Waals surface area (Å²) in [6.07, 6.45) is 0.00955. The molecule has 204 valence electrons. The van der Waals surface area contributed by atoms with Crippen LogP contribution >= 0.6 is 0 Å². The number of carbonyl (C=O) groups is 3. The lowest BCUT2D eigenvalue weighted by atomic mass is 10.0. The van der Waals surface area contributed by atoms with Crippen LogP contribution < -0.4 is 0 Å². The molecule has 0 radical (unpaired) electrons. The Morgan fingerprint density at radius 2 is 1.46 bits per heavy atom. The van der Waals surface area contributed by atoms with Crippen molar-refractivity contribution in [2.75, 3.05) is 7.05 Å². The number of fused-ring (bicyclic) bond motifs is 1. The van der Waals surface area contributed by atoms with Crippen LogP contribution in [0.2, 0.25) is 0 Å². The highest BCUT2D eigenvalue weighted by Crippen LogP contribution is 2.26. The fourth-order valence-corrected chi connectivity index (χ4v) is 4.67. The van der Waals surface area contributed by atoms with E-state index in [0.29, 0.717) is 6.42 Å². The van der Waals surface area contributed by atoms with E-state index in [1.54, 1.807) is 32.7 Å². The summed E-state index contributed by atoms with van der Waals surface area (Å²) in [5, 5.41) is 0. The molecule has 7 nitrogen and oxygen atoms in total. The van der Waals surface area contributed by atoms with Crippen LogP contribution in [-0.2, 0) is 45.1 Å². The molecule has 0 saturated carbocycles. The zero-order valence-electron chi connectivity index (χ0n) is 23.0.